The SMILES string of the molecule is CCN1CCN(S(=O)(=O)c2cccc(NC(=O)CCCn3c(=O)oc4ccccc43)c2)CC1. The molecule has 1 aliphatic rings. The number of amides is 1. The molecular weight excluding hydrogens is 444 g/mol. The lowest BCUT2D eigenvalue weighted by Gasteiger charge is -2.33. The minimum absolute atomic E-state index is 0.168. The van der Waals surface area contributed by atoms with E-state index in [0.29, 0.717) is 55.9 Å². The van der Waals surface area contributed by atoms with Crippen molar-refractivity contribution in [2.75, 3.05) is 38.0 Å². The van der Waals surface area contributed by atoms with Gasteiger partial charge in [-0.1, -0.05) is 25.1 Å². The molecular formula is C23H28N4O5S. The number of carbonyl (C=O) groups is 1. The topological polar surface area (TPSA) is 105 Å². The Labute approximate surface area is 192 Å². The lowest BCUT2D eigenvalue weighted by Crippen LogP contribution is -2.48. The zero-order valence-electron chi connectivity index (χ0n) is 18.6. The average molecular weight is 473 g/mol. The van der Waals surface area contributed by atoms with Crippen LogP contribution in [0.5, 0.6) is 0 Å². The highest BCUT2D eigenvalue weighted by Crippen LogP contribution is 2.21. The lowest BCUT2D eigenvalue weighted by molar-refractivity contribution is -0.116. The number of likely N-dealkylation sites (N-methyl/N-ethyl adjacent to an activating group) is 1. The van der Waals surface area contributed by atoms with Crippen LogP contribution in [0.15, 0.2) is 62.6 Å². The Kier molecular flexibility index (Phi) is 6.96. The van der Waals surface area contributed by atoms with Gasteiger partial charge in [-0.05, 0) is 43.3 Å². The van der Waals surface area contributed by atoms with Crippen molar-refractivity contribution in [3.05, 3.63) is 59.1 Å². The van der Waals surface area contributed by atoms with Gasteiger partial charge in [0.1, 0.15) is 0 Å². The van der Waals surface area contributed by atoms with Crippen LogP contribution in [0.4, 0.5) is 5.69 Å². The molecule has 1 fully saturated rings. The first kappa shape index (κ1) is 23.2. The molecule has 0 bridgehead atoms. The van der Waals surface area contributed by atoms with Gasteiger partial charge >= 0.3 is 5.76 Å². The number of aromatic nitrogens is 1. The molecule has 1 amide bonds. The number of hydrogen-bond acceptors (Lipinski definition) is 6. The van der Waals surface area contributed by atoms with E-state index in [9.17, 15) is 18.0 Å². The van der Waals surface area contributed by atoms with Crippen LogP contribution in [0.25, 0.3) is 11.1 Å². The molecule has 4 rings (SSSR count). The highest BCUT2D eigenvalue weighted by molar-refractivity contribution is 7.89. The van der Waals surface area contributed by atoms with Gasteiger partial charge in [0.25, 0.3) is 0 Å². The second-order valence-electron chi connectivity index (χ2n) is 8.01. The van der Waals surface area contributed by atoms with Crippen LogP contribution in [-0.2, 0) is 21.4 Å². The number of rotatable bonds is 8. The number of hydrogen-bond donors (Lipinski definition) is 1. The molecule has 1 N–H and O–H groups in total. The molecule has 1 saturated heterocycles. The summed E-state index contributed by atoms with van der Waals surface area (Å²) in [5.74, 6) is -0.698. The van der Waals surface area contributed by atoms with Gasteiger partial charge in [-0.25, -0.2) is 13.2 Å². The number of carbonyl (C=O) groups excluding carboxylic acids is 1. The number of nitrogens with one attached hydrogen (secondary N) is 1. The van der Waals surface area contributed by atoms with Gasteiger partial charge in [0.15, 0.2) is 5.58 Å². The predicted molar refractivity (Wildman–Crippen MR) is 126 cm³/mol. The van der Waals surface area contributed by atoms with E-state index in [-0.39, 0.29) is 17.2 Å². The Bertz CT molecular complexity index is 1290. The second kappa shape index (κ2) is 9.90. The van der Waals surface area contributed by atoms with E-state index < -0.39 is 15.8 Å². The number of benzene rings is 2. The standard InChI is InChI=1S/C23H28N4O5S/c1-2-25-13-15-26(16-14-25)33(30,31)19-8-5-7-18(17-19)24-22(28)11-6-12-27-20-9-3-4-10-21(20)32-23(27)29/h3-5,7-10,17H,2,6,11-16H2,1H3,(H,24,28). The van der Waals surface area contributed by atoms with E-state index in [4.69, 9.17) is 4.42 Å². The molecule has 176 valence electrons. The van der Waals surface area contributed by atoms with Crippen LogP contribution in [0, 0.1) is 0 Å². The summed E-state index contributed by atoms with van der Waals surface area (Å²) in [4.78, 5) is 26.8. The first-order chi connectivity index (χ1) is 15.9. The molecule has 2 heterocycles. The van der Waals surface area contributed by atoms with Gasteiger partial charge in [0, 0.05) is 44.8 Å². The minimum Gasteiger partial charge on any atom is -0.408 e. The Balaban J connectivity index is 1.35. The summed E-state index contributed by atoms with van der Waals surface area (Å²) >= 11 is 0. The maximum atomic E-state index is 13.0. The molecule has 1 aliphatic heterocycles. The van der Waals surface area contributed by atoms with Crippen LogP contribution in [0.2, 0.25) is 0 Å². The molecule has 1 aromatic heterocycles. The maximum Gasteiger partial charge on any atom is 0.419 e. The molecule has 0 atom stereocenters. The van der Waals surface area contributed by atoms with Crippen molar-refractivity contribution in [2.24, 2.45) is 0 Å². The Morgan fingerprint density at radius 1 is 1.06 bits per heavy atom. The Hall–Kier alpha value is -2.95. The fourth-order valence-electron chi connectivity index (χ4n) is 4.02. The van der Waals surface area contributed by atoms with Crippen molar-refractivity contribution >= 4 is 32.7 Å². The van der Waals surface area contributed by atoms with Crippen molar-refractivity contribution < 1.29 is 17.6 Å². The van der Waals surface area contributed by atoms with Crippen molar-refractivity contribution in [1.82, 2.24) is 13.8 Å². The quantitative estimate of drug-likeness (QED) is 0.540. The number of oxazole rings is 1. The third-order valence-corrected chi connectivity index (χ3v) is 7.79. The largest absolute Gasteiger partial charge is 0.419 e. The number of anilines is 1. The van der Waals surface area contributed by atoms with E-state index in [1.165, 1.54) is 14.9 Å². The highest BCUT2D eigenvalue weighted by atomic mass is 32.2. The summed E-state index contributed by atoms with van der Waals surface area (Å²) in [5.41, 5.74) is 1.64. The molecule has 33 heavy (non-hydrogen) atoms. The first-order valence-electron chi connectivity index (χ1n) is 11.1. The van der Waals surface area contributed by atoms with E-state index >= 15 is 0 Å². The summed E-state index contributed by atoms with van der Waals surface area (Å²) < 4.78 is 34.2. The average Bonchev–Trinajstić information content (AvgIpc) is 3.14. The summed E-state index contributed by atoms with van der Waals surface area (Å²) in [7, 11) is -3.62. The van der Waals surface area contributed by atoms with Crippen molar-refractivity contribution in [3.63, 3.8) is 0 Å². The molecule has 0 saturated carbocycles. The van der Waals surface area contributed by atoms with Crippen molar-refractivity contribution in [2.45, 2.75) is 31.2 Å². The zero-order valence-corrected chi connectivity index (χ0v) is 19.4. The summed E-state index contributed by atoms with van der Waals surface area (Å²) in [5, 5.41) is 2.76. The Morgan fingerprint density at radius 2 is 1.82 bits per heavy atom. The Morgan fingerprint density at radius 3 is 2.58 bits per heavy atom. The fraction of sp³-hybridized carbons (Fsp3) is 0.391. The number of fused-ring (bicyclic) bond motifs is 1. The number of piperazine rings is 1. The van der Waals surface area contributed by atoms with Gasteiger partial charge in [-0.2, -0.15) is 4.31 Å². The predicted octanol–water partition coefficient (Wildman–Crippen LogP) is 2.34. The smallest absolute Gasteiger partial charge is 0.408 e. The third-order valence-electron chi connectivity index (χ3n) is 5.89. The van der Waals surface area contributed by atoms with Crippen molar-refractivity contribution in [1.29, 1.82) is 0 Å². The molecule has 0 unspecified atom stereocenters. The summed E-state index contributed by atoms with van der Waals surface area (Å²) in [6, 6.07) is 13.5. The molecule has 2 aromatic carbocycles. The molecule has 3 aromatic rings. The number of nitrogens with zero attached hydrogens (tertiary/aromatic N) is 3. The number of aryl methyl sites for hydroxylation is 1. The van der Waals surface area contributed by atoms with Crippen LogP contribution in [-0.4, -0.2) is 60.8 Å². The van der Waals surface area contributed by atoms with Gasteiger partial charge in [-0.3, -0.25) is 9.36 Å². The van der Waals surface area contributed by atoms with E-state index in [0.717, 1.165) is 6.54 Å². The van der Waals surface area contributed by atoms with Crippen LogP contribution in [0.3, 0.4) is 0 Å². The maximum absolute atomic E-state index is 13.0. The number of para-hydroxylation sites is 2. The van der Waals surface area contributed by atoms with Gasteiger partial charge in [0.05, 0.1) is 10.4 Å². The van der Waals surface area contributed by atoms with Gasteiger partial charge in [0.2, 0.25) is 15.9 Å². The molecule has 10 heteroatoms. The number of sulfonamides is 1. The van der Waals surface area contributed by atoms with Crippen LogP contribution in [0.1, 0.15) is 19.8 Å². The minimum atomic E-state index is -3.62. The fourth-order valence-corrected chi connectivity index (χ4v) is 5.48. The van der Waals surface area contributed by atoms with Crippen LogP contribution >= 0.6 is 0 Å². The molecule has 9 nitrogen and oxygen atoms in total. The molecule has 0 radical (unpaired) electrons. The van der Waals surface area contributed by atoms with E-state index in [1.54, 1.807) is 36.4 Å². The van der Waals surface area contributed by atoms with Crippen molar-refractivity contribution in [3.8, 4) is 0 Å². The molecule has 0 aliphatic carbocycles. The van der Waals surface area contributed by atoms with E-state index in [1.807, 2.05) is 6.07 Å². The zero-order chi connectivity index (χ0) is 23.4. The normalized spacial score (nSPS) is 15.7. The monoisotopic (exact) mass is 472 g/mol. The van der Waals surface area contributed by atoms with Gasteiger partial charge in [-0.15, -0.1) is 0 Å². The molecule has 0 spiro atoms. The third kappa shape index (κ3) is 5.18. The van der Waals surface area contributed by atoms with E-state index in [2.05, 4.69) is 17.1 Å². The highest BCUT2D eigenvalue weighted by Gasteiger charge is 2.28. The summed E-state index contributed by atoms with van der Waals surface area (Å²) in [6.45, 7) is 5.64. The van der Waals surface area contributed by atoms with Gasteiger partial charge < -0.3 is 14.6 Å². The van der Waals surface area contributed by atoms with Crippen LogP contribution < -0.4 is 11.1 Å². The summed E-state index contributed by atoms with van der Waals surface area (Å²) in [6.07, 6.45) is 0.622. The second-order valence-corrected chi connectivity index (χ2v) is 9.94. The first-order valence-corrected chi connectivity index (χ1v) is 12.5. The lowest BCUT2D eigenvalue weighted by atomic mass is 10.2.